The third kappa shape index (κ3) is 4.35. The van der Waals surface area contributed by atoms with E-state index in [0.29, 0.717) is 0 Å². The van der Waals surface area contributed by atoms with Crippen molar-refractivity contribution in [2.24, 2.45) is 0 Å². The zero-order chi connectivity index (χ0) is 4.83. The number of thiol groups is 1. The van der Waals surface area contributed by atoms with Crippen molar-refractivity contribution >= 4 is 12.6 Å². The van der Waals surface area contributed by atoms with Gasteiger partial charge in [0, 0.05) is 5.75 Å². The largest absolute Gasteiger partial charge is 0.175 e. The van der Waals surface area contributed by atoms with Crippen LogP contribution < -0.4 is 0 Å². The van der Waals surface area contributed by atoms with Crippen LogP contribution in [0.4, 0.5) is 0 Å². The van der Waals surface area contributed by atoms with Gasteiger partial charge in [-0.15, -0.1) is 0 Å². The van der Waals surface area contributed by atoms with E-state index in [1.807, 2.05) is 5.75 Å². The molecule has 6 heavy (non-hydrogen) atoms. The molecule has 0 heterocycles. The maximum absolute atomic E-state index is 3.93. The molecule has 0 aromatic heterocycles. The first kappa shape index (κ1) is 6.35. The molecule has 0 saturated heterocycles. The molecule has 0 atom stereocenters. The maximum atomic E-state index is 3.93. The minimum atomic E-state index is 1.15. The topological polar surface area (TPSA) is 0 Å². The maximum Gasteiger partial charge on any atom is 0.0133 e. The molecular weight excluding hydrogens is 92.1 g/mol. The van der Waals surface area contributed by atoms with Crippen molar-refractivity contribution in [3.05, 3.63) is 5.75 Å². The van der Waals surface area contributed by atoms with E-state index in [-0.39, 0.29) is 0 Å². The van der Waals surface area contributed by atoms with Gasteiger partial charge in [0.1, 0.15) is 0 Å². The van der Waals surface area contributed by atoms with Gasteiger partial charge in [-0.1, -0.05) is 19.8 Å². The van der Waals surface area contributed by atoms with Crippen LogP contribution in [0.2, 0.25) is 0 Å². The van der Waals surface area contributed by atoms with Crippen LogP contribution in [-0.2, 0) is 0 Å². The standard InChI is InChI=1S/C5H11S/c1-2-3-4-5-6/h5-6H,2-4H2,1H3. The summed E-state index contributed by atoms with van der Waals surface area (Å²) in [6.07, 6.45) is 3.71. The van der Waals surface area contributed by atoms with Crippen LogP contribution in [0.1, 0.15) is 26.2 Å². The molecule has 0 nitrogen and oxygen atoms in total. The summed E-state index contributed by atoms with van der Waals surface area (Å²) in [6, 6.07) is 0. The van der Waals surface area contributed by atoms with Gasteiger partial charge >= 0.3 is 0 Å². The average Bonchev–Trinajstić information content (AvgIpc) is 1.61. The van der Waals surface area contributed by atoms with Gasteiger partial charge < -0.3 is 0 Å². The van der Waals surface area contributed by atoms with E-state index in [4.69, 9.17) is 0 Å². The zero-order valence-electron chi connectivity index (χ0n) is 4.15. The van der Waals surface area contributed by atoms with Gasteiger partial charge in [-0.05, 0) is 6.42 Å². The SMILES string of the molecule is CCCC[CH]S. The van der Waals surface area contributed by atoms with Gasteiger partial charge in [-0.25, -0.2) is 0 Å². The Balaban J connectivity index is 2.34. The lowest BCUT2D eigenvalue weighted by molar-refractivity contribution is 0.807. The molecule has 1 heteroatoms. The quantitative estimate of drug-likeness (QED) is 0.411. The van der Waals surface area contributed by atoms with E-state index >= 15 is 0 Å². The van der Waals surface area contributed by atoms with Crippen molar-refractivity contribution in [1.29, 1.82) is 0 Å². The third-order valence-electron chi connectivity index (χ3n) is 0.687. The summed E-state index contributed by atoms with van der Waals surface area (Å²) in [4.78, 5) is 0. The highest BCUT2D eigenvalue weighted by Crippen LogP contribution is 1.98. The Hall–Kier alpha value is 0.350. The summed E-state index contributed by atoms with van der Waals surface area (Å²) >= 11 is 3.93. The van der Waals surface area contributed by atoms with E-state index in [1.165, 1.54) is 12.8 Å². The number of hydrogen-bond donors (Lipinski definition) is 1. The Bertz CT molecular complexity index is 15.9. The summed E-state index contributed by atoms with van der Waals surface area (Å²) in [5.41, 5.74) is 0. The Kier molecular flexibility index (Phi) is 5.66. The molecule has 0 rings (SSSR count). The minimum Gasteiger partial charge on any atom is -0.175 e. The fourth-order valence-corrected chi connectivity index (χ4v) is 0.478. The van der Waals surface area contributed by atoms with Gasteiger partial charge in [-0.2, -0.15) is 12.6 Å². The highest BCUT2D eigenvalue weighted by Gasteiger charge is 1.76. The minimum absolute atomic E-state index is 1.15. The van der Waals surface area contributed by atoms with E-state index < -0.39 is 0 Å². The van der Waals surface area contributed by atoms with Gasteiger partial charge in [0.2, 0.25) is 0 Å². The second kappa shape index (κ2) is 5.35. The van der Waals surface area contributed by atoms with Crippen LogP contribution in [0.15, 0.2) is 0 Å². The fourth-order valence-electron chi connectivity index (χ4n) is 0.295. The number of rotatable bonds is 3. The smallest absolute Gasteiger partial charge is 0.0133 e. The molecule has 0 saturated carbocycles. The van der Waals surface area contributed by atoms with Crippen molar-refractivity contribution in [3.63, 3.8) is 0 Å². The molecule has 0 unspecified atom stereocenters. The average molecular weight is 103 g/mol. The predicted molar refractivity (Wildman–Crippen MR) is 32.8 cm³/mol. The molecule has 0 aliphatic heterocycles. The summed E-state index contributed by atoms with van der Waals surface area (Å²) in [5, 5.41) is 0. The molecule has 0 aliphatic rings. The lowest BCUT2D eigenvalue weighted by atomic mass is 10.3. The van der Waals surface area contributed by atoms with Crippen LogP contribution in [0, 0.1) is 5.75 Å². The molecule has 0 aliphatic carbocycles. The van der Waals surface area contributed by atoms with Crippen LogP contribution in [0.5, 0.6) is 0 Å². The Labute approximate surface area is 45.4 Å². The summed E-state index contributed by atoms with van der Waals surface area (Å²) < 4.78 is 0. The second-order valence-electron chi connectivity index (χ2n) is 1.32. The van der Waals surface area contributed by atoms with Gasteiger partial charge in [0.05, 0.1) is 0 Å². The van der Waals surface area contributed by atoms with Gasteiger partial charge in [0.25, 0.3) is 0 Å². The number of hydrogen-bond acceptors (Lipinski definition) is 1. The van der Waals surface area contributed by atoms with E-state index in [9.17, 15) is 0 Å². The molecule has 0 amide bonds. The van der Waals surface area contributed by atoms with Crippen molar-refractivity contribution in [2.45, 2.75) is 26.2 Å². The van der Waals surface area contributed by atoms with E-state index in [0.717, 1.165) is 6.42 Å². The van der Waals surface area contributed by atoms with Crippen LogP contribution in [0.3, 0.4) is 0 Å². The van der Waals surface area contributed by atoms with E-state index in [2.05, 4.69) is 19.6 Å². The molecule has 1 radical (unpaired) electrons. The normalized spacial score (nSPS) is 9.00. The molecule has 0 fully saturated rings. The predicted octanol–water partition coefficient (Wildman–Crippen LogP) is 2.27. The Morgan fingerprint density at radius 2 is 2.33 bits per heavy atom. The van der Waals surface area contributed by atoms with Crippen LogP contribution in [0.25, 0.3) is 0 Å². The summed E-state index contributed by atoms with van der Waals surface area (Å²) in [5.74, 6) is 1.91. The molecule has 37 valence electrons. The molecular formula is C5H11S. The highest BCUT2D eigenvalue weighted by atomic mass is 32.1. The van der Waals surface area contributed by atoms with Crippen LogP contribution >= 0.6 is 12.6 Å². The lowest BCUT2D eigenvalue weighted by Gasteiger charge is -1.85. The first-order valence-electron chi connectivity index (χ1n) is 2.37. The van der Waals surface area contributed by atoms with Crippen LogP contribution in [-0.4, -0.2) is 0 Å². The van der Waals surface area contributed by atoms with Gasteiger partial charge in [0.15, 0.2) is 0 Å². The first-order chi connectivity index (χ1) is 2.91. The first-order valence-corrected chi connectivity index (χ1v) is 2.89. The Morgan fingerprint density at radius 1 is 1.67 bits per heavy atom. The third-order valence-corrected chi connectivity index (χ3v) is 0.945. The summed E-state index contributed by atoms with van der Waals surface area (Å²) in [7, 11) is 0. The van der Waals surface area contributed by atoms with Crippen molar-refractivity contribution in [2.75, 3.05) is 0 Å². The monoisotopic (exact) mass is 103 g/mol. The molecule has 0 aromatic carbocycles. The molecule has 0 spiro atoms. The second-order valence-corrected chi connectivity index (χ2v) is 1.69. The highest BCUT2D eigenvalue weighted by molar-refractivity contribution is 7.82. The van der Waals surface area contributed by atoms with Gasteiger partial charge in [-0.3, -0.25) is 0 Å². The lowest BCUT2D eigenvalue weighted by Crippen LogP contribution is -1.65. The van der Waals surface area contributed by atoms with Crippen molar-refractivity contribution in [3.8, 4) is 0 Å². The molecule has 0 aromatic rings. The van der Waals surface area contributed by atoms with Crippen molar-refractivity contribution < 1.29 is 0 Å². The fraction of sp³-hybridized carbons (Fsp3) is 0.800. The number of unbranched alkanes of at least 4 members (excludes halogenated alkanes) is 2. The summed E-state index contributed by atoms with van der Waals surface area (Å²) in [6.45, 7) is 2.18. The molecule has 0 bridgehead atoms. The zero-order valence-corrected chi connectivity index (χ0v) is 5.04. The van der Waals surface area contributed by atoms with E-state index in [1.54, 1.807) is 0 Å². The van der Waals surface area contributed by atoms with Crippen molar-refractivity contribution in [1.82, 2.24) is 0 Å². The Morgan fingerprint density at radius 3 is 2.50 bits per heavy atom. The molecule has 0 N–H and O–H groups in total.